The minimum atomic E-state index is -0.447. The number of carbonyl (C=O) groups excluding carboxylic acids is 3. The molecule has 6 bridgehead atoms. The van der Waals surface area contributed by atoms with Crippen LogP contribution in [-0.4, -0.2) is 29.0 Å². The highest BCUT2D eigenvalue weighted by atomic mass is 16.2. The first kappa shape index (κ1) is 16.8. The molecule has 29 heavy (non-hydrogen) atoms. The highest BCUT2D eigenvalue weighted by molar-refractivity contribution is 6.11. The number of fused-ring (bicyclic) bond motifs is 1. The minimum Gasteiger partial charge on any atom is -0.299 e. The van der Waals surface area contributed by atoms with Crippen molar-refractivity contribution in [1.29, 1.82) is 0 Å². The summed E-state index contributed by atoms with van der Waals surface area (Å²) in [6, 6.07) is 8.01. The van der Waals surface area contributed by atoms with Crippen LogP contribution in [0.15, 0.2) is 24.3 Å². The molecule has 0 N–H and O–H groups in total. The fraction of sp³-hybridized carbons (Fsp3) is 0.640. The summed E-state index contributed by atoms with van der Waals surface area (Å²) in [7, 11) is 0. The van der Waals surface area contributed by atoms with Gasteiger partial charge in [0.25, 0.3) is 0 Å². The molecule has 5 saturated carbocycles. The Labute approximate surface area is 171 Å². The van der Waals surface area contributed by atoms with Gasteiger partial charge in [0.15, 0.2) is 0 Å². The number of hydrogen-bond donors (Lipinski definition) is 0. The van der Waals surface area contributed by atoms with Crippen molar-refractivity contribution in [3.8, 4) is 0 Å². The highest BCUT2D eigenvalue weighted by Crippen LogP contribution is 2.62. The zero-order valence-electron chi connectivity index (χ0n) is 16.7. The lowest BCUT2D eigenvalue weighted by atomic mass is 9.49. The normalized spacial score (nSPS) is 46.4. The smallest absolute Gasteiger partial charge is 0.234 e. The van der Waals surface area contributed by atoms with E-state index in [-0.39, 0.29) is 34.8 Å². The first-order valence-corrected chi connectivity index (χ1v) is 11.5. The lowest BCUT2D eigenvalue weighted by molar-refractivity contribution is -0.146. The maximum atomic E-state index is 13.6. The number of hydrogen-bond acceptors (Lipinski definition) is 3. The molecule has 2 amide bonds. The maximum Gasteiger partial charge on any atom is 0.234 e. The van der Waals surface area contributed by atoms with Crippen molar-refractivity contribution in [2.24, 2.45) is 35.0 Å². The summed E-state index contributed by atoms with van der Waals surface area (Å²) in [5, 5.41) is 0. The summed E-state index contributed by atoms with van der Waals surface area (Å²) in [6.45, 7) is 0.616. The SMILES string of the molecule is O=C1C[C@H]2c3ccccc3[C@H]1[C@@H]1C(=O)N(CC34CC5CC(CC(C5)C3)C4)C(=O)[C@H]12. The Kier molecular flexibility index (Phi) is 3.12. The van der Waals surface area contributed by atoms with Gasteiger partial charge in [-0.15, -0.1) is 0 Å². The molecule has 0 spiro atoms. The van der Waals surface area contributed by atoms with Gasteiger partial charge >= 0.3 is 0 Å². The lowest BCUT2D eigenvalue weighted by Crippen LogP contribution is -2.52. The average Bonchev–Trinajstić information content (AvgIpc) is 2.93. The number of amides is 2. The molecule has 1 saturated heterocycles. The van der Waals surface area contributed by atoms with Crippen LogP contribution in [0.25, 0.3) is 0 Å². The Bertz CT molecular complexity index is 929. The predicted molar refractivity (Wildman–Crippen MR) is 106 cm³/mol. The van der Waals surface area contributed by atoms with Crippen LogP contribution in [0.4, 0.5) is 0 Å². The van der Waals surface area contributed by atoms with Crippen molar-refractivity contribution in [3.05, 3.63) is 35.4 Å². The molecular formula is C25H27NO3. The maximum absolute atomic E-state index is 13.6. The van der Waals surface area contributed by atoms with E-state index in [1.165, 1.54) is 38.5 Å². The first-order chi connectivity index (χ1) is 14.0. The zero-order valence-corrected chi connectivity index (χ0v) is 16.7. The standard InChI is InChI=1S/C25H27NO3/c27-19-8-18-16-3-1-2-4-17(16)20(19)22-21(18)23(28)26(24(22)29)12-25-9-13-5-14(10-25)7-15(6-13)11-25/h1-4,13-15,18,20-22H,5-12H2/t13?,14?,15?,18-,20+,21-,22-,25?/m0/s1. The van der Waals surface area contributed by atoms with E-state index in [1.807, 2.05) is 18.2 Å². The van der Waals surface area contributed by atoms with E-state index in [0.717, 1.165) is 28.9 Å². The van der Waals surface area contributed by atoms with E-state index in [4.69, 9.17) is 0 Å². The quantitative estimate of drug-likeness (QED) is 0.726. The predicted octanol–water partition coefficient (Wildman–Crippen LogP) is 3.66. The van der Waals surface area contributed by atoms with Gasteiger partial charge in [0, 0.05) is 18.9 Å². The molecule has 1 aliphatic heterocycles. The van der Waals surface area contributed by atoms with Gasteiger partial charge in [0.2, 0.25) is 11.8 Å². The van der Waals surface area contributed by atoms with Crippen molar-refractivity contribution < 1.29 is 14.4 Å². The molecule has 0 unspecified atom stereocenters. The van der Waals surface area contributed by atoms with E-state index in [9.17, 15) is 14.4 Å². The van der Waals surface area contributed by atoms with Gasteiger partial charge in [-0.05, 0) is 72.8 Å². The van der Waals surface area contributed by atoms with Crippen molar-refractivity contribution >= 4 is 17.6 Å². The number of ketones is 1. The van der Waals surface area contributed by atoms with E-state index >= 15 is 0 Å². The van der Waals surface area contributed by atoms with E-state index in [1.54, 1.807) is 4.90 Å². The molecule has 4 nitrogen and oxygen atoms in total. The summed E-state index contributed by atoms with van der Waals surface area (Å²) in [5.41, 5.74) is 2.30. The van der Waals surface area contributed by atoms with Gasteiger partial charge in [0.05, 0.1) is 17.8 Å². The summed E-state index contributed by atoms with van der Waals surface area (Å²) >= 11 is 0. The van der Waals surface area contributed by atoms with E-state index in [2.05, 4.69) is 6.07 Å². The molecule has 6 fully saturated rings. The van der Waals surface area contributed by atoms with Crippen LogP contribution in [0.5, 0.6) is 0 Å². The van der Waals surface area contributed by atoms with Gasteiger partial charge in [-0.1, -0.05) is 24.3 Å². The molecule has 1 heterocycles. The second-order valence-corrected chi connectivity index (χ2v) is 11.1. The van der Waals surface area contributed by atoms with Gasteiger partial charge in [-0.2, -0.15) is 0 Å². The van der Waals surface area contributed by atoms with E-state index in [0.29, 0.717) is 13.0 Å². The van der Waals surface area contributed by atoms with Crippen LogP contribution in [0, 0.1) is 35.0 Å². The molecule has 4 heteroatoms. The fourth-order valence-corrected chi connectivity index (χ4v) is 9.00. The Balaban J connectivity index is 1.25. The van der Waals surface area contributed by atoms with Gasteiger partial charge in [-0.3, -0.25) is 19.3 Å². The van der Waals surface area contributed by atoms with Crippen LogP contribution >= 0.6 is 0 Å². The Morgan fingerprint density at radius 1 is 0.828 bits per heavy atom. The molecule has 1 aromatic rings. The summed E-state index contributed by atoms with van der Waals surface area (Å²) in [5.74, 6) is 1.28. The number of likely N-dealkylation sites (tertiary alicyclic amines) is 1. The molecular weight excluding hydrogens is 362 g/mol. The number of imide groups is 1. The Morgan fingerprint density at radius 3 is 2.07 bits per heavy atom. The monoisotopic (exact) mass is 389 g/mol. The van der Waals surface area contributed by atoms with Gasteiger partial charge in [0.1, 0.15) is 5.78 Å². The van der Waals surface area contributed by atoms with Crippen LogP contribution in [-0.2, 0) is 14.4 Å². The third kappa shape index (κ3) is 2.08. The topological polar surface area (TPSA) is 54.5 Å². The van der Waals surface area contributed by atoms with Crippen LogP contribution in [0.1, 0.15) is 67.9 Å². The molecule has 0 radical (unpaired) electrons. The summed E-state index contributed by atoms with van der Waals surface area (Å²) < 4.78 is 0. The third-order valence-corrected chi connectivity index (χ3v) is 9.44. The molecule has 150 valence electrons. The van der Waals surface area contributed by atoms with Crippen LogP contribution < -0.4 is 0 Å². The van der Waals surface area contributed by atoms with Crippen molar-refractivity contribution in [2.45, 2.75) is 56.8 Å². The third-order valence-electron chi connectivity index (χ3n) is 9.44. The zero-order chi connectivity index (χ0) is 19.5. The fourth-order valence-electron chi connectivity index (χ4n) is 9.00. The molecule has 0 aromatic heterocycles. The second-order valence-electron chi connectivity index (χ2n) is 11.1. The first-order valence-electron chi connectivity index (χ1n) is 11.5. The average molecular weight is 389 g/mol. The number of Topliss-reactive ketones (excluding diaryl/α,β-unsaturated/α-hetero) is 1. The van der Waals surface area contributed by atoms with Crippen LogP contribution in [0.2, 0.25) is 0 Å². The van der Waals surface area contributed by atoms with Crippen molar-refractivity contribution in [3.63, 3.8) is 0 Å². The highest BCUT2D eigenvalue weighted by Gasteiger charge is 2.63. The number of carbonyl (C=O) groups is 3. The second kappa shape index (κ2) is 5.39. The molecule has 9 rings (SSSR count). The van der Waals surface area contributed by atoms with Gasteiger partial charge < -0.3 is 0 Å². The number of rotatable bonds is 2. The van der Waals surface area contributed by atoms with Gasteiger partial charge in [-0.25, -0.2) is 0 Å². The molecule has 7 aliphatic carbocycles. The largest absolute Gasteiger partial charge is 0.299 e. The molecule has 4 atom stereocenters. The number of nitrogens with zero attached hydrogens (tertiary/aromatic N) is 1. The summed E-state index contributed by atoms with van der Waals surface area (Å²) in [4.78, 5) is 41.6. The lowest BCUT2D eigenvalue weighted by Gasteiger charge is -2.57. The van der Waals surface area contributed by atoms with E-state index < -0.39 is 11.8 Å². The molecule has 1 aromatic carbocycles. The van der Waals surface area contributed by atoms with Crippen molar-refractivity contribution in [2.75, 3.05) is 6.54 Å². The Hall–Kier alpha value is -1.97. The summed E-state index contributed by atoms with van der Waals surface area (Å²) in [6.07, 6.45) is 8.08. The number of benzene rings is 1. The Morgan fingerprint density at radius 2 is 1.41 bits per heavy atom. The van der Waals surface area contributed by atoms with Crippen LogP contribution in [0.3, 0.4) is 0 Å². The minimum absolute atomic E-state index is 0.0211. The van der Waals surface area contributed by atoms with Crippen molar-refractivity contribution in [1.82, 2.24) is 4.90 Å². The molecule has 8 aliphatic rings.